The predicted octanol–water partition coefficient (Wildman–Crippen LogP) is 6.98. The molecule has 0 radical (unpaired) electrons. The number of aryl methyl sites for hydroxylation is 2. The Morgan fingerprint density at radius 1 is 0.766 bits per heavy atom. The van der Waals surface area contributed by atoms with Crippen molar-refractivity contribution in [3.63, 3.8) is 0 Å². The summed E-state index contributed by atoms with van der Waals surface area (Å²) in [7, 11) is 0. The summed E-state index contributed by atoms with van der Waals surface area (Å²) in [5.74, 6) is -1.82. The smallest absolute Gasteiger partial charge is 0.408 e. The third-order valence-corrected chi connectivity index (χ3v) is 7.72. The summed E-state index contributed by atoms with van der Waals surface area (Å²) in [6, 6.07) is 11.9. The maximum Gasteiger partial charge on any atom is 0.408 e. The molecule has 0 fully saturated rings. The summed E-state index contributed by atoms with van der Waals surface area (Å²) >= 11 is 0. The summed E-state index contributed by atoms with van der Waals surface area (Å²) in [5.41, 5.74) is 0.662. The van der Waals surface area contributed by atoms with Crippen LogP contribution in [0.25, 0.3) is 0 Å². The van der Waals surface area contributed by atoms with Crippen molar-refractivity contribution in [1.82, 2.24) is 15.5 Å². The van der Waals surface area contributed by atoms with Gasteiger partial charge in [-0.25, -0.2) is 9.59 Å². The van der Waals surface area contributed by atoms with Gasteiger partial charge in [-0.3, -0.25) is 9.59 Å². The van der Waals surface area contributed by atoms with Gasteiger partial charge in [0, 0.05) is 12.0 Å². The van der Waals surface area contributed by atoms with Crippen LogP contribution < -0.4 is 10.6 Å². The van der Waals surface area contributed by atoms with E-state index in [0.717, 1.165) is 16.7 Å². The molecular weight excluding hydrogens is 594 g/mol. The highest BCUT2D eigenvalue weighted by Gasteiger charge is 2.45. The molecule has 2 rings (SSSR count). The number of carbonyl (C=O) groups excluding carboxylic acids is 4. The van der Waals surface area contributed by atoms with Crippen LogP contribution in [0.3, 0.4) is 0 Å². The van der Waals surface area contributed by atoms with Crippen LogP contribution in [0.15, 0.2) is 48.5 Å². The van der Waals surface area contributed by atoms with Crippen molar-refractivity contribution in [3.05, 3.63) is 70.8 Å². The Kier molecular flexibility index (Phi) is 13.2. The minimum atomic E-state index is -1.14. The highest BCUT2D eigenvalue weighted by atomic mass is 16.6. The average Bonchev–Trinajstić information content (AvgIpc) is 2.92. The first-order chi connectivity index (χ1) is 21.6. The van der Waals surface area contributed by atoms with Gasteiger partial charge in [0.15, 0.2) is 0 Å². The topological polar surface area (TPSA) is 114 Å². The molecule has 3 amide bonds. The first-order valence-electron chi connectivity index (χ1n) is 16.5. The van der Waals surface area contributed by atoms with Crippen LogP contribution in [-0.4, -0.2) is 57.6 Å². The van der Waals surface area contributed by atoms with Crippen LogP contribution in [-0.2, 0) is 30.3 Å². The first-order valence-corrected chi connectivity index (χ1v) is 16.5. The molecule has 2 aromatic rings. The Morgan fingerprint density at radius 2 is 1.30 bits per heavy atom. The molecule has 4 atom stereocenters. The van der Waals surface area contributed by atoms with Crippen LogP contribution in [0, 0.1) is 19.8 Å². The third-order valence-electron chi connectivity index (χ3n) is 7.72. The summed E-state index contributed by atoms with van der Waals surface area (Å²) in [6.07, 6.45) is 0.0634. The Labute approximate surface area is 282 Å². The molecule has 0 saturated carbocycles. The van der Waals surface area contributed by atoms with Gasteiger partial charge in [-0.05, 0) is 104 Å². The highest BCUT2D eigenvalue weighted by molar-refractivity contribution is 5.95. The van der Waals surface area contributed by atoms with Gasteiger partial charge < -0.3 is 25.0 Å². The van der Waals surface area contributed by atoms with Crippen molar-refractivity contribution in [2.75, 3.05) is 0 Å². The second kappa shape index (κ2) is 15.8. The molecule has 2 aromatic carbocycles. The van der Waals surface area contributed by atoms with Gasteiger partial charge in [-0.15, -0.1) is 0 Å². The van der Waals surface area contributed by atoms with Gasteiger partial charge in [-0.2, -0.15) is 0 Å². The fourth-order valence-corrected chi connectivity index (χ4v) is 5.42. The van der Waals surface area contributed by atoms with Crippen molar-refractivity contribution in [1.29, 1.82) is 0 Å². The van der Waals surface area contributed by atoms with Crippen molar-refractivity contribution in [3.8, 4) is 0 Å². The number of nitrogens with one attached hydrogen (secondary N) is 2. The van der Waals surface area contributed by atoms with Crippen LogP contribution in [0.4, 0.5) is 4.79 Å². The molecular formula is C38H57N3O6. The number of esters is 1. The molecule has 0 saturated heterocycles. The molecule has 9 heteroatoms. The number of alkyl carbamates (subject to hydrolysis) is 1. The minimum absolute atomic E-state index is 0.195. The van der Waals surface area contributed by atoms with E-state index in [1.54, 1.807) is 46.4 Å². The van der Waals surface area contributed by atoms with Gasteiger partial charge >= 0.3 is 12.1 Å². The number of rotatable bonds is 11. The number of benzene rings is 2. The van der Waals surface area contributed by atoms with E-state index in [1.165, 1.54) is 0 Å². The van der Waals surface area contributed by atoms with Gasteiger partial charge in [0.1, 0.15) is 29.3 Å². The molecule has 2 N–H and O–H groups in total. The van der Waals surface area contributed by atoms with Crippen molar-refractivity contribution >= 4 is 23.9 Å². The molecule has 0 spiro atoms. The maximum atomic E-state index is 14.8. The van der Waals surface area contributed by atoms with E-state index in [9.17, 15) is 19.2 Å². The lowest BCUT2D eigenvalue weighted by Gasteiger charge is -2.44. The number of amides is 3. The van der Waals surface area contributed by atoms with Crippen LogP contribution >= 0.6 is 0 Å². The molecule has 4 unspecified atom stereocenters. The fraction of sp³-hybridized carbons (Fsp3) is 0.579. The summed E-state index contributed by atoms with van der Waals surface area (Å²) < 4.78 is 11.3. The SMILES string of the molecule is CCC(C)C(NC(=O)OC(C)(C)C)C(=O)N(C(C(=O)NC(Cc1ccccc1)C(=O)OC(C)(C)C)c1c(C)cccc1C)C(C)(C)C. The zero-order valence-corrected chi connectivity index (χ0v) is 30.7. The number of ether oxygens (including phenoxy) is 2. The second-order valence-electron chi connectivity index (χ2n) is 15.4. The molecule has 0 aliphatic carbocycles. The molecule has 47 heavy (non-hydrogen) atoms. The third kappa shape index (κ3) is 11.7. The zero-order chi connectivity index (χ0) is 35.9. The number of hydrogen-bond donors (Lipinski definition) is 2. The van der Waals surface area contributed by atoms with E-state index in [4.69, 9.17) is 9.47 Å². The molecule has 0 aliphatic heterocycles. The standard InChI is InChI=1S/C38H57N3O6/c1-14-24(2)30(40-35(45)47-38(11,12)13)33(43)41(36(5,6)7)31(29-25(3)19-18-20-26(29)4)32(42)39-28(34(44)46-37(8,9)10)23-27-21-16-15-17-22-27/h15-22,24,28,30-31H,14,23H2,1-13H3,(H,39,42)(H,40,45). The summed E-state index contributed by atoms with van der Waals surface area (Å²) in [5, 5.41) is 5.79. The number of carbonyl (C=O) groups is 4. The molecule has 0 bridgehead atoms. The molecule has 0 aliphatic rings. The van der Waals surface area contributed by atoms with Crippen molar-refractivity contribution in [2.24, 2.45) is 5.92 Å². The maximum absolute atomic E-state index is 14.8. The quantitative estimate of drug-likeness (QED) is 0.254. The Hall–Kier alpha value is -3.88. The monoisotopic (exact) mass is 651 g/mol. The second-order valence-corrected chi connectivity index (χ2v) is 15.4. The van der Waals surface area contributed by atoms with Gasteiger partial charge in [0.05, 0.1) is 0 Å². The zero-order valence-electron chi connectivity index (χ0n) is 30.7. The first kappa shape index (κ1) is 39.3. The van der Waals surface area contributed by atoms with Gasteiger partial charge in [0.2, 0.25) is 11.8 Å². The van der Waals surface area contributed by atoms with Crippen molar-refractivity contribution in [2.45, 2.75) is 138 Å². The van der Waals surface area contributed by atoms with E-state index in [1.807, 2.05) is 97.0 Å². The molecule has 260 valence electrons. The Balaban J connectivity index is 2.74. The molecule has 0 heterocycles. The van der Waals surface area contributed by atoms with Crippen molar-refractivity contribution < 1.29 is 28.7 Å². The lowest BCUT2D eigenvalue weighted by molar-refractivity contribution is -0.159. The summed E-state index contributed by atoms with van der Waals surface area (Å²) in [4.78, 5) is 57.7. The molecule has 0 aromatic heterocycles. The minimum Gasteiger partial charge on any atom is -0.458 e. The number of nitrogens with zero attached hydrogens (tertiary/aromatic N) is 1. The lowest BCUT2D eigenvalue weighted by Crippen LogP contribution is -2.61. The van der Waals surface area contributed by atoms with Crippen LogP contribution in [0.2, 0.25) is 0 Å². The largest absolute Gasteiger partial charge is 0.458 e. The molecule has 9 nitrogen and oxygen atoms in total. The van der Waals surface area contributed by atoms with Gasteiger partial charge in [0.25, 0.3) is 0 Å². The van der Waals surface area contributed by atoms with E-state index >= 15 is 0 Å². The summed E-state index contributed by atoms with van der Waals surface area (Å²) in [6.45, 7) is 23.8. The number of hydrogen-bond acceptors (Lipinski definition) is 6. The van der Waals surface area contributed by atoms with Crippen LogP contribution in [0.5, 0.6) is 0 Å². The predicted molar refractivity (Wildman–Crippen MR) is 186 cm³/mol. The van der Waals surface area contributed by atoms with Gasteiger partial charge in [-0.1, -0.05) is 68.8 Å². The van der Waals surface area contributed by atoms with Crippen LogP contribution in [0.1, 0.15) is 111 Å². The van der Waals surface area contributed by atoms with E-state index < -0.39 is 58.7 Å². The Morgan fingerprint density at radius 3 is 1.77 bits per heavy atom. The van der Waals surface area contributed by atoms with E-state index in [-0.39, 0.29) is 12.3 Å². The average molecular weight is 652 g/mol. The lowest BCUT2D eigenvalue weighted by atomic mass is 9.88. The Bertz CT molecular complexity index is 1360. The normalized spacial score (nSPS) is 14.7. The van der Waals surface area contributed by atoms with E-state index in [0.29, 0.717) is 12.0 Å². The van der Waals surface area contributed by atoms with E-state index in [2.05, 4.69) is 10.6 Å². The highest BCUT2D eigenvalue weighted by Crippen LogP contribution is 2.35. The fourth-order valence-electron chi connectivity index (χ4n) is 5.42.